The Bertz CT molecular complexity index is 719. The summed E-state index contributed by atoms with van der Waals surface area (Å²) in [5, 5.41) is 6.77. The van der Waals surface area contributed by atoms with Crippen LogP contribution in [-0.2, 0) is 17.8 Å². The first kappa shape index (κ1) is 17.5. The molecule has 5 nitrogen and oxygen atoms in total. The molecule has 0 bridgehead atoms. The molecule has 1 saturated heterocycles. The van der Waals surface area contributed by atoms with Crippen molar-refractivity contribution in [3.8, 4) is 0 Å². The van der Waals surface area contributed by atoms with Crippen LogP contribution >= 0.6 is 0 Å². The Balaban J connectivity index is 1.44. The zero-order valence-electron chi connectivity index (χ0n) is 14.1. The Kier molecular flexibility index (Phi) is 5.43. The van der Waals surface area contributed by atoms with Gasteiger partial charge in [-0.3, -0.25) is 9.69 Å². The first-order chi connectivity index (χ1) is 12.0. The molecule has 25 heavy (non-hydrogen) atoms. The molecule has 0 aliphatic carbocycles. The monoisotopic (exact) mass is 349 g/mol. The zero-order chi connectivity index (χ0) is 17.8. The Morgan fingerprint density at radius 2 is 1.92 bits per heavy atom. The summed E-state index contributed by atoms with van der Waals surface area (Å²) in [6, 6.07) is 5.45. The molecule has 1 N–H and O–H groups in total. The van der Waals surface area contributed by atoms with Crippen LogP contribution < -0.4 is 5.32 Å². The molecule has 0 radical (unpaired) electrons. The summed E-state index contributed by atoms with van der Waals surface area (Å²) in [5.41, 5.74) is 1.38. The Morgan fingerprint density at radius 3 is 2.52 bits per heavy atom. The fraction of sp³-hybridized carbons (Fsp3) is 0.444. The predicted molar refractivity (Wildman–Crippen MR) is 87.7 cm³/mol. The minimum absolute atomic E-state index is 0.0817. The summed E-state index contributed by atoms with van der Waals surface area (Å²) < 4.78 is 31.5. The first-order valence-electron chi connectivity index (χ1n) is 8.37. The topological polar surface area (TPSA) is 58.4 Å². The molecule has 1 aromatic carbocycles. The van der Waals surface area contributed by atoms with Crippen LogP contribution in [0.2, 0.25) is 0 Å². The number of rotatable bonds is 5. The van der Waals surface area contributed by atoms with Crippen LogP contribution in [0, 0.1) is 18.6 Å². The highest BCUT2D eigenvalue weighted by molar-refractivity contribution is 5.78. The van der Waals surface area contributed by atoms with E-state index in [1.165, 1.54) is 12.1 Å². The van der Waals surface area contributed by atoms with Gasteiger partial charge in [0, 0.05) is 37.8 Å². The molecule has 3 rings (SSSR count). The Hall–Kier alpha value is -2.28. The van der Waals surface area contributed by atoms with Crippen molar-refractivity contribution in [3.63, 3.8) is 0 Å². The van der Waals surface area contributed by atoms with Crippen LogP contribution in [-0.4, -0.2) is 35.1 Å². The van der Waals surface area contributed by atoms with Gasteiger partial charge in [0.2, 0.25) is 5.91 Å². The molecule has 1 aromatic heterocycles. The second-order valence-corrected chi connectivity index (χ2v) is 6.51. The smallest absolute Gasteiger partial charge is 0.227 e. The third-order valence-electron chi connectivity index (χ3n) is 4.29. The molecule has 0 saturated carbocycles. The zero-order valence-corrected chi connectivity index (χ0v) is 14.1. The van der Waals surface area contributed by atoms with Gasteiger partial charge in [0.15, 0.2) is 0 Å². The number of benzene rings is 1. The number of likely N-dealkylation sites (tertiary alicyclic amines) is 1. The van der Waals surface area contributed by atoms with Gasteiger partial charge in [-0.1, -0.05) is 5.16 Å². The fourth-order valence-corrected chi connectivity index (χ4v) is 3.13. The predicted octanol–water partition coefficient (Wildman–Crippen LogP) is 2.58. The lowest BCUT2D eigenvalue weighted by molar-refractivity contribution is -0.121. The molecule has 7 heteroatoms. The molecule has 1 aliphatic rings. The summed E-state index contributed by atoms with van der Waals surface area (Å²) in [4.78, 5) is 14.2. The molecule has 0 spiro atoms. The minimum Gasteiger partial charge on any atom is -0.361 e. The van der Waals surface area contributed by atoms with Crippen LogP contribution in [0.3, 0.4) is 0 Å². The lowest BCUT2D eigenvalue weighted by Crippen LogP contribution is -2.44. The van der Waals surface area contributed by atoms with E-state index in [1.807, 2.05) is 6.92 Å². The molecule has 1 amide bonds. The van der Waals surface area contributed by atoms with Gasteiger partial charge in [-0.2, -0.15) is 0 Å². The highest BCUT2D eigenvalue weighted by Crippen LogP contribution is 2.16. The summed E-state index contributed by atoms with van der Waals surface area (Å²) in [7, 11) is 0. The van der Waals surface area contributed by atoms with Crippen LogP contribution in [0.15, 0.2) is 28.8 Å². The molecule has 2 heterocycles. The Labute approximate surface area is 145 Å². The maximum atomic E-state index is 13.3. The number of nitrogens with zero attached hydrogens (tertiary/aromatic N) is 2. The SMILES string of the molecule is Cc1cc(CC(=O)NC2CCN(Cc3cc(F)cc(F)c3)CC2)on1. The molecule has 1 fully saturated rings. The number of amides is 1. The summed E-state index contributed by atoms with van der Waals surface area (Å²) in [6.07, 6.45) is 1.79. The van der Waals surface area contributed by atoms with Gasteiger partial charge in [0.05, 0.1) is 12.1 Å². The van der Waals surface area contributed by atoms with E-state index in [2.05, 4.69) is 15.4 Å². The van der Waals surface area contributed by atoms with Gasteiger partial charge in [-0.05, 0) is 37.5 Å². The van der Waals surface area contributed by atoms with Crippen molar-refractivity contribution in [1.82, 2.24) is 15.4 Å². The molecular weight excluding hydrogens is 328 g/mol. The first-order valence-corrected chi connectivity index (χ1v) is 8.37. The average molecular weight is 349 g/mol. The van der Waals surface area contributed by atoms with Gasteiger partial charge in [-0.15, -0.1) is 0 Å². The number of aromatic nitrogens is 1. The quantitative estimate of drug-likeness (QED) is 0.901. The van der Waals surface area contributed by atoms with Crippen molar-refractivity contribution in [2.45, 2.75) is 38.8 Å². The second kappa shape index (κ2) is 7.74. The number of piperidine rings is 1. The number of halogens is 2. The number of hydrogen-bond donors (Lipinski definition) is 1. The van der Waals surface area contributed by atoms with Crippen molar-refractivity contribution in [3.05, 3.63) is 52.9 Å². The van der Waals surface area contributed by atoms with Gasteiger partial charge in [0.1, 0.15) is 17.4 Å². The summed E-state index contributed by atoms with van der Waals surface area (Å²) in [6.45, 7) is 3.85. The van der Waals surface area contributed by atoms with Gasteiger partial charge < -0.3 is 9.84 Å². The molecule has 0 unspecified atom stereocenters. The number of aryl methyl sites for hydroxylation is 1. The van der Waals surface area contributed by atoms with Crippen LogP contribution in [0.5, 0.6) is 0 Å². The number of carbonyl (C=O) groups is 1. The van der Waals surface area contributed by atoms with Gasteiger partial charge in [0.25, 0.3) is 0 Å². The largest absolute Gasteiger partial charge is 0.361 e. The van der Waals surface area contributed by atoms with E-state index >= 15 is 0 Å². The molecule has 134 valence electrons. The molecule has 0 atom stereocenters. The minimum atomic E-state index is -0.556. The standard InChI is InChI=1S/C18H21F2N3O2/c1-12-6-17(25-22-12)10-18(24)21-16-2-4-23(5-3-16)11-13-7-14(19)9-15(20)8-13/h6-9,16H,2-5,10-11H2,1H3,(H,21,24). The van der Waals surface area contributed by atoms with Crippen LogP contribution in [0.25, 0.3) is 0 Å². The van der Waals surface area contributed by atoms with Crippen molar-refractivity contribution in [2.75, 3.05) is 13.1 Å². The van der Waals surface area contributed by atoms with Crippen LogP contribution in [0.1, 0.15) is 29.9 Å². The highest BCUT2D eigenvalue weighted by Gasteiger charge is 2.21. The van der Waals surface area contributed by atoms with Crippen molar-refractivity contribution >= 4 is 5.91 Å². The Morgan fingerprint density at radius 1 is 1.24 bits per heavy atom. The maximum Gasteiger partial charge on any atom is 0.227 e. The van der Waals surface area contributed by atoms with E-state index in [-0.39, 0.29) is 18.4 Å². The summed E-state index contributed by atoms with van der Waals surface area (Å²) >= 11 is 0. The third kappa shape index (κ3) is 5.09. The lowest BCUT2D eigenvalue weighted by atomic mass is 10.0. The number of carbonyl (C=O) groups excluding carboxylic acids is 1. The van der Waals surface area contributed by atoms with Gasteiger partial charge in [-0.25, -0.2) is 8.78 Å². The van der Waals surface area contributed by atoms with Gasteiger partial charge >= 0.3 is 0 Å². The third-order valence-corrected chi connectivity index (χ3v) is 4.29. The number of hydrogen-bond acceptors (Lipinski definition) is 4. The second-order valence-electron chi connectivity index (χ2n) is 6.51. The van der Waals surface area contributed by atoms with E-state index in [1.54, 1.807) is 6.07 Å². The maximum absolute atomic E-state index is 13.3. The molecule has 1 aliphatic heterocycles. The van der Waals surface area contributed by atoms with Crippen molar-refractivity contribution in [2.24, 2.45) is 0 Å². The normalized spacial score (nSPS) is 16.1. The number of nitrogens with one attached hydrogen (secondary N) is 1. The van der Waals surface area contributed by atoms with E-state index in [4.69, 9.17) is 4.52 Å². The lowest BCUT2D eigenvalue weighted by Gasteiger charge is -2.32. The fourth-order valence-electron chi connectivity index (χ4n) is 3.13. The highest BCUT2D eigenvalue weighted by atomic mass is 19.1. The molecule has 2 aromatic rings. The van der Waals surface area contributed by atoms with E-state index in [9.17, 15) is 13.6 Å². The summed E-state index contributed by atoms with van der Waals surface area (Å²) in [5.74, 6) is -0.637. The van der Waals surface area contributed by atoms with Crippen molar-refractivity contribution < 1.29 is 18.1 Å². The van der Waals surface area contributed by atoms with E-state index in [0.717, 1.165) is 37.7 Å². The van der Waals surface area contributed by atoms with E-state index < -0.39 is 11.6 Å². The van der Waals surface area contributed by atoms with E-state index in [0.29, 0.717) is 17.9 Å². The van der Waals surface area contributed by atoms with Crippen molar-refractivity contribution in [1.29, 1.82) is 0 Å². The molecular formula is C18H21F2N3O2. The van der Waals surface area contributed by atoms with Crippen LogP contribution in [0.4, 0.5) is 8.78 Å². The average Bonchev–Trinajstić information content (AvgIpc) is 2.93.